The van der Waals surface area contributed by atoms with Gasteiger partial charge in [0.2, 0.25) is 0 Å². The van der Waals surface area contributed by atoms with Crippen molar-refractivity contribution >= 4 is 5.97 Å². The molecule has 3 heteroatoms. The Kier molecular flexibility index (Phi) is 2.08. The first kappa shape index (κ1) is 8.35. The van der Waals surface area contributed by atoms with Gasteiger partial charge in [-0.2, -0.15) is 0 Å². The third kappa shape index (κ3) is 1.59. The second-order valence-electron chi connectivity index (χ2n) is 3.59. The van der Waals surface area contributed by atoms with E-state index in [0.717, 1.165) is 0 Å². The maximum absolute atomic E-state index is 10.6. The number of carboxylic acid groups (broad SMARTS) is 1. The number of aromatic carboxylic acids is 1. The molecule has 70 valence electrons. The Labute approximate surface area is 77.0 Å². The molecule has 0 radical (unpaired) electrons. The summed E-state index contributed by atoms with van der Waals surface area (Å²) < 4.78 is 2.04. The fourth-order valence-electron chi connectivity index (χ4n) is 1.97. The lowest BCUT2D eigenvalue weighted by atomic mass is 10.2. The molecule has 0 aliphatic heterocycles. The van der Waals surface area contributed by atoms with Crippen molar-refractivity contribution in [2.24, 2.45) is 0 Å². The summed E-state index contributed by atoms with van der Waals surface area (Å²) >= 11 is 0. The standard InChI is InChI=1S/C10H13NO2/c12-10(13)8-5-6-11(7-8)9-3-1-2-4-9/h5-7,9H,1-4H2,(H,12,13). The van der Waals surface area contributed by atoms with Crippen molar-refractivity contribution in [3.05, 3.63) is 24.0 Å². The van der Waals surface area contributed by atoms with Gasteiger partial charge in [-0.1, -0.05) is 12.8 Å². The van der Waals surface area contributed by atoms with E-state index in [2.05, 4.69) is 0 Å². The third-order valence-corrected chi connectivity index (χ3v) is 2.71. The molecule has 3 nitrogen and oxygen atoms in total. The molecule has 1 saturated carbocycles. The summed E-state index contributed by atoms with van der Waals surface area (Å²) in [6.07, 6.45) is 8.52. The number of aromatic nitrogens is 1. The minimum absolute atomic E-state index is 0.395. The van der Waals surface area contributed by atoms with E-state index in [-0.39, 0.29) is 0 Å². The summed E-state index contributed by atoms with van der Waals surface area (Å²) in [4.78, 5) is 10.6. The lowest BCUT2D eigenvalue weighted by molar-refractivity contribution is 0.0697. The zero-order valence-corrected chi connectivity index (χ0v) is 7.44. The van der Waals surface area contributed by atoms with Crippen LogP contribution in [-0.2, 0) is 0 Å². The molecular weight excluding hydrogens is 166 g/mol. The van der Waals surface area contributed by atoms with Crippen LogP contribution in [0.15, 0.2) is 18.5 Å². The summed E-state index contributed by atoms with van der Waals surface area (Å²) in [7, 11) is 0. The first-order chi connectivity index (χ1) is 6.27. The van der Waals surface area contributed by atoms with E-state index in [1.54, 1.807) is 12.3 Å². The average Bonchev–Trinajstić information content (AvgIpc) is 2.75. The van der Waals surface area contributed by atoms with Gasteiger partial charge in [0.25, 0.3) is 0 Å². The largest absolute Gasteiger partial charge is 0.478 e. The van der Waals surface area contributed by atoms with Crippen LogP contribution >= 0.6 is 0 Å². The average molecular weight is 179 g/mol. The Morgan fingerprint density at radius 2 is 2.15 bits per heavy atom. The molecule has 0 aromatic carbocycles. The van der Waals surface area contributed by atoms with Crippen LogP contribution in [-0.4, -0.2) is 15.6 Å². The van der Waals surface area contributed by atoms with Crippen LogP contribution in [0.25, 0.3) is 0 Å². The summed E-state index contributed by atoms with van der Waals surface area (Å²) in [6, 6.07) is 2.20. The van der Waals surface area contributed by atoms with E-state index >= 15 is 0 Å². The second kappa shape index (κ2) is 3.24. The number of rotatable bonds is 2. The van der Waals surface area contributed by atoms with Crippen LogP contribution in [0.3, 0.4) is 0 Å². The molecule has 1 aromatic rings. The van der Waals surface area contributed by atoms with E-state index in [4.69, 9.17) is 5.11 Å². The molecule has 0 spiro atoms. The van der Waals surface area contributed by atoms with Gasteiger partial charge in [-0.25, -0.2) is 4.79 Å². The predicted octanol–water partition coefficient (Wildman–Crippen LogP) is 2.30. The van der Waals surface area contributed by atoms with Gasteiger partial charge in [0.05, 0.1) is 5.56 Å². The van der Waals surface area contributed by atoms with Gasteiger partial charge < -0.3 is 9.67 Å². The maximum Gasteiger partial charge on any atom is 0.337 e. The Morgan fingerprint density at radius 3 is 2.69 bits per heavy atom. The minimum atomic E-state index is -0.836. The topological polar surface area (TPSA) is 42.2 Å². The summed E-state index contributed by atoms with van der Waals surface area (Å²) in [5.74, 6) is -0.836. The molecule has 2 rings (SSSR count). The Balaban J connectivity index is 2.16. The van der Waals surface area contributed by atoms with E-state index < -0.39 is 5.97 Å². The van der Waals surface area contributed by atoms with Crippen molar-refractivity contribution in [1.82, 2.24) is 4.57 Å². The highest BCUT2D eigenvalue weighted by Gasteiger charge is 2.17. The maximum atomic E-state index is 10.6. The third-order valence-electron chi connectivity index (χ3n) is 2.71. The summed E-state index contributed by atoms with van der Waals surface area (Å²) in [5, 5.41) is 8.73. The van der Waals surface area contributed by atoms with Crippen molar-refractivity contribution in [3.63, 3.8) is 0 Å². The fraction of sp³-hybridized carbons (Fsp3) is 0.500. The van der Waals surface area contributed by atoms with Crippen LogP contribution in [0.1, 0.15) is 42.1 Å². The Morgan fingerprint density at radius 1 is 1.46 bits per heavy atom. The molecule has 0 amide bonds. The molecule has 0 atom stereocenters. The first-order valence-electron chi connectivity index (χ1n) is 4.68. The molecule has 0 unspecified atom stereocenters. The lowest BCUT2D eigenvalue weighted by Gasteiger charge is -2.10. The Hall–Kier alpha value is -1.25. The number of hydrogen-bond donors (Lipinski definition) is 1. The van der Waals surface area contributed by atoms with Crippen LogP contribution in [0.5, 0.6) is 0 Å². The van der Waals surface area contributed by atoms with Gasteiger partial charge in [-0.15, -0.1) is 0 Å². The van der Waals surface area contributed by atoms with Crippen molar-refractivity contribution in [2.75, 3.05) is 0 Å². The SMILES string of the molecule is O=C(O)c1ccn(C2CCCC2)c1. The predicted molar refractivity (Wildman–Crippen MR) is 48.9 cm³/mol. The highest BCUT2D eigenvalue weighted by Crippen LogP contribution is 2.29. The molecule has 0 saturated heterocycles. The van der Waals surface area contributed by atoms with E-state index in [1.807, 2.05) is 10.8 Å². The van der Waals surface area contributed by atoms with Crippen LogP contribution in [0, 0.1) is 0 Å². The second-order valence-corrected chi connectivity index (χ2v) is 3.59. The zero-order chi connectivity index (χ0) is 9.26. The minimum Gasteiger partial charge on any atom is -0.478 e. The van der Waals surface area contributed by atoms with Crippen molar-refractivity contribution in [2.45, 2.75) is 31.7 Å². The quantitative estimate of drug-likeness (QED) is 0.756. The molecule has 1 aliphatic carbocycles. The number of carboxylic acids is 1. The molecule has 1 aromatic heterocycles. The van der Waals surface area contributed by atoms with Gasteiger partial charge in [0, 0.05) is 18.4 Å². The lowest BCUT2D eigenvalue weighted by Crippen LogP contribution is -2.01. The van der Waals surface area contributed by atoms with Crippen LogP contribution in [0.2, 0.25) is 0 Å². The number of hydrogen-bond acceptors (Lipinski definition) is 1. The van der Waals surface area contributed by atoms with Crippen LogP contribution in [0.4, 0.5) is 0 Å². The van der Waals surface area contributed by atoms with Gasteiger partial charge in [-0.05, 0) is 18.9 Å². The Bertz CT molecular complexity index is 310. The van der Waals surface area contributed by atoms with Gasteiger partial charge in [-0.3, -0.25) is 0 Å². The molecule has 0 bridgehead atoms. The van der Waals surface area contributed by atoms with E-state index in [1.165, 1.54) is 25.7 Å². The molecule has 1 N–H and O–H groups in total. The van der Waals surface area contributed by atoms with Gasteiger partial charge in [0.15, 0.2) is 0 Å². The van der Waals surface area contributed by atoms with Gasteiger partial charge in [0.1, 0.15) is 0 Å². The summed E-state index contributed by atoms with van der Waals surface area (Å²) in [6.45, 7) is 0. The fourth-order valence-corrected chi connectivity index (χ4v) is 1.97. The van der Waals surface area contributed by atoms with E-state index in [9.17, 15) is 4.79 Å². The molecule has 13 heavy (non-hydrogen) atoms. The van der Waals surface area contributed by atoms with Crippen molar-refractivity contribution in [1.29, 1.82) is 0 Å². The van der Waals surface area contributed by atoms with E-state index in [0.29, 0.717) is 11.6 Å². The highest BCUT2D eigenvalue weighted by molar-refractivity contribution is 5.87. The van der Waals surface area contributed by atoms with Crippen LogP contribution < -0.4 is 0 Å². The van der Waals surface area contributed by atoms with Gasteiger partial charge >= 0.3 is 5.97 Å². The molecule has 1 heterocycles. The molecule has 1 aliphatic rings. The first-order valence-corrected chi connectivity index (χ1v) is 4.68. The monoisotopic (exact) mass is 179 g/mol. The highest BCUT2D eigenvalue weighted by atomic mass is 16.4. The number of nitrogens with zero attached hydrogens (tertiary/aromatic N) is 1. The summed E-state index contributed by atoms with van der Waals surface area (Å²) in [5.41, 5.74) is 0.395. The van der Waals surface area contributed by atoms with Crippen molar-refractivity contribution in [3.8, 4) is 0 Å². The smallest absolute Gasteiger partial charge is 0.337 e. The molecule has 1 fully saturated rings. The normalized spacial score (nSPS) is 17.8. The van der Waals surface area contributed by atoms with Crippen molar-refractivity contribution < 1.29 is 9.90 Å². The number of carbonyl (C=O) groups is 1. The molecular formula is C10H13NO2. The zero-order valence-electron chi connectivity index (χ0n) is 7.44.